The molecule has 1 aliphatic heterocycles. The molecule has 1 unspecified atom stereocenters. The Kier molecular flexibility index (Phi) is 5.71. The predicted octanol–water partition coefficient (Wildman–Crippen LogP) is 2.41. The van der Waals surface area contributed by atoms with Crippen LogP contribution in [0.15, 0.2) is 47.5 Å². The summed E-state index contributed by atoms with van der Waals surface area (Å²) in [6.07, 6.45) is 2.29. The Balaban J connectivity index is 1.32. The van der Waals surface area contributed by atoms with E-state index >= 15 is 0 Å². The van der Waals surface area contributed by atoms with Crippen LogP contribution in [-0.4, -0.2) is 50.3 Å². The van der Waals surface area contributed by atoms with E-state index in [-0.39, 0.29) is 29.3 Å². The molecular formula is C23H27N5O3. The minimum Gasteiger partial charge on any atom is -0.476 e. The molecule has 0 aliphatic carbocycles. The summed E-state index contributed by atoms with van der Waals surface area (Å²) in [7, 11) is 0. The third-order valence-corrected chi connectivity index (χ3v) is 5.55. The van der Waals surface area contributed by atoms with Crippen molar-refractivity contribution in [3.05, 3.63) is 58.8 Å². The lowest BCUT2D eigenvalue weighted by atomic mass is 9.92. The lowest BCUT2D eigenvalue weighted by Crippen LogP contribution is -2.35. The van der Waals surface area contributed by atoms with Crippen LogP contribution >= 0.6 is 0 Å². The van der Waals surface area contributed by atoms with Gasteiger partial charge in [0.25, 0.3) is 5.56 Å². The number of hydrogen-bond donors (Lipinski definition) is 0. The van der Waals surface area contributed by atoms with Crippen LogP contribution in [-0.2, 0) is 16.8 Å². The summed E-state index contributed by atoms with van der Waals surface area (Å²) < 4.78 is 7.17. The van der Waals surface area contributed by atoms with E-state index in [0.29, 0.717) is 36.5 Å². The SMILES string of the molecule is CC(C)(C)c1ccc(OCC2CCN(C(=O)Cn3cnc4ccccc4c3=O)C2)nn1. The highest BCUT2D eigenvalue weighted by atomic mass is 16.5. The van der Waals surface area contributed by atoms with Crippen LogP contribution in [0.5, 0.6) is 5.88 Å². The smallest absolute Gasteiger partial charge is 0.261 e. The van der Waals surface area contributed by atoms with E-state index < -0.39 is 0 Å². The minimum absolute atomic E-state index is 0.00993. The van der Waals surface area contributed by atoms with E-state index in [0.717, 1.165) is 12.1 Å². The molecule has 8 nitrogen and oxygen atoms in total. The molecule has 1 aliphatic rings. The maximum Gasteiger partial charge on any atom is 0.261 e. The fraction of sp³-hybridized carbons (Fsp3) is 0.435. The van der Waals surface area contributed by atoms with E-state index in [9.17, 15) is 9.59 Å². The zero-order valence-electron chi connectivity index (χ0n) is 18.1. The fourth-order valence-corrected chi connectivity index (χ4v) is 3.66. The first-order chi connectivity index (χ1) is 14.8. The van der Waals surface area contributed by atoms with Crippen molar-refractivity contribution in [2.24, 2.45) is 5.92 Å². The van der Waals surface area contributed by atoms with E-state index in [4.69, 9.17) is 4.74 Å². The molecule has 1 saturated heterocycles. The Labute approximate surface area is 180 Å². The van der Waals surface area contributed by atoms with Gasteiger partial charge in [-0.25, -0.2) is 4.98 Å². The molecule has 3 aromatic rings. The molecule has 8 heteroatoms. The fourth-order valence-electron chi connectivity index (χ4n) is 3.66. The molecule has 0 bridgehead atoms. The molecule has 0 radical (unpaired) electrons. The van der Waals surface area contributed by atoms with Crippen molar-refractivity contribution < 1.29 is 9.53 Å². The van der Waals surface area contributed by atoms with Gasteiger partial charge in [0.1, 0.15) is 6.54 Å². The number of carbonyl (C=O) groups excluding carboxylic acids is 1. The first-order valence-corrected chi connectivity index (χ1v) is 10.5. The number of hydrogen-bond acceptors (Lipinski definition) is 6. The molecule has 162 valence electrons. The van der Waals surface area contributed by atoms with E-state index in [1.54, 1.807) is 23.1 Å². The second-order valence-corrected chi connectivity index (χ2v) is 9.01. The molecule has 1 amide bonds. The van der Waals surface area contributed by atoms with Crippen molar-refractivity contribution in [3.8, 4) is 5.88 Å². The number of fused-ring (bicyclic) bond motifs is 1. The maximum atomic E-state index is 12.7. The largest absolute Gasteiger partial charge is 0.476 e. The lowest BCUT2D eigenvalue weighted by molar-refractivity contribution is -0.131. The zero-order chi connectivity index (χ0) is 22.0. The van der Waals surface area contributed by atoms with Gasteiger partial charge in [0.2, 0.25) is 11.8 Å². The molecule has 4 rings (SSSR count). The quantitative estimate of drug-likeness (QED) is 0.628. The maximum absolute atomic E-state index is 12.7. The Hall–Kier alpha value is -3.29. The average Bonchev–Trinajstić information content (AvgIpc) is 3.23. The van der Waals surface area contributed by atoms with Gasteiger partial charge in [-0.3, -0.25) is 14.2 Å². The van der Waals surface area contributed by atoms with Gasteiger partial charge in [0.05, 0.1) is 29.5 Å². The van der Waals surface area contributed by atoms with Crippen molar-refractivity contribution in [2.45, 2.75) is 39.2 Å². The number of para-hydroxylation sites is 1. The number of rotatable bonds is 5. The normalized spacial score (nSPS) is 16.6. The number of amides is 1. The Morgan fingerprint density at radius 1 is 1.16 bits per heavy atom. The number of aromatic nitrogens is 4. The number of benzene rings is 1. The molecule has 0 spiro atoms. The van der Waals surface area contributed by atoms with Gasteiger partial charge >= 0.3 is 0 Å². The average molecular weight is 422 g/mol. The number of likely N-dealkylation sites (tertiary alicyclic amines) is 1. The highest BCUT2D eigenvalue weighted by molar-refractivity contribution is 5.79. The van der Waals surface area contributed by atoms with Crippen molar-refractivity contribution in [2.75, 3.05) is 19.7 Å². The van der Waals surface area contributed by atoms with Crippen molar-refractivity contribution in [1.82, 2.24) is 24.6 Å². The first-order valence-electron chi connectivity index (χ1n) is 10.5. The van der Waals surface area contributed by atoms with Crippen LogP contribution in [0.25, 0.3) is 10.9 Å². The summed E-state index contributed by atoms with van der Waals surface area (Å²) >= 11 is 0. The molecule has 3 heterocycles. The van der Waals surface area contributed by atoms with Crippen molar-refractivity contribution in [3.63, 3.8) is 0 Å². The molecule has 1 fully saturated rings. The summed E-state index contributed by atoms with van der Waals surface area (Å²) in [5.41, 5.74) is 1.29. The van der Waals surface area contributed by atoms with Gasteiger partial charge in [-0.1, -0.05) is 32.9 Å². The monoisotopic (exact) mass is 421 g/mol. The lowest BCUT2D eigenvalue weighted by Gasteiger charge is -2.18. The van der Waals surface area contributed by atoms with Crippen LogP contribution in [0.1, 0.15) is 32.9 Å². The molecule has 0 saturated carbocycles. The van der Waals surface area contributed by atoms with Crippen molar-refractivity contribution in [1.29, 1.82) is 0 Å². The summed E-state index contributed by atoms with van der Waals surface area (Å²) in [4.78, 5) is 31.4. The molecule has 0 N–H and O–H groups in total. The third-order valence-electron chi connectivity index (χ3n) is 5.55. The Morgan fingerprint density at radius 3 is 2.71 bits per heavy atom. The van der Waals surface area contributed by atoms with Gasteiger partial charge in [-0.15, -0.1) is 5.10 Å². The highest BCUT2D eigenvalue weighted by Gasteiger charge is 2.27. The Bertz CT molecular complexity index is 1130. The number of nitrogens with zero attached hydrogens (tertiary/aromatic N) is 5. The second kappa shape index (κ2) is 8.45. The number of ether oxygens (including phenoxy) is 1. The second-order valence-electron chi connectivity index (χ2n) is 9.01. The van der Waals surface area contributed by atoms with Gasteiger partial charge in [0.15, 0.2) is 0 Å². The molecule has 31 heavy (non-hydrogen) atoms. The van der Waals surface area contributed by atoms with Crippen LogP contribution in [0.3, 0.4) is 0 Å². The van der Waals surface area contributed by atoms with E-state index in [2.05, 4.69) is 36.0 Å². The van der Waals surface area contributed by atoms with Gasteiger partial charge in [0, 0.05) is 30.5 Å². The van der Waals surface area contributed by atoms with Crippen molar-refractivity contribution >= 4 is 16.8 Å². The summed E-state index contributed by atoms with van der Waals surface area (Å²) in [5.74, 6) is 0.627. The summed E-state index contributed by atoms with van der Waals surface area (Å²) in [5, 5.41) is 8.91. The minimum atomic E-state index is -0.199. The molecule has 1 aromatic carbocycles. The van der Waals surface area contributed by atoms with Gasteiger partial charge < -0.3 is 9.64 Å². The van der Waals surface area contributed by atoms with Gasteiger partial charge in [-0.2, -0.15) is 5.10 Å². The highest BCUT2D eigenvalue weighted by Crippen LogP contribution is 2.21. The predicted molar refractivity (Wildman–Crippen MR) is 117 cm³/mol. The zero-order valence-corrected chi connectivity index (χ0v) is 18.1. The summed E-state index contributed by atoms with van der Waals surface area (Å²) in [6, 6.07) is 10.9. The molecule has 2 aromatic heterocycles. The first kappa shape index (κ1) is 21.0. The standard InChI is InChI=1S/C23H27N5O3/c1-23(2,3)19-8-9-20(26-25-19)31-14-16-10-11-27(12-16)21(29)13-28-15-24-18-7-5-4-6-17(18)22(28)30/h4-9,15-16H,10-14H2,1-3H3. The summed E-state index contributed by atoms with van der Waals surface area (Å²) in [6.45, 7) is 7.98. The van der Waals surface area contributed by atoms with E-state index in [1.807, 2.05) is 18.2 Å². The Morgan fingerprint density at radius 2 is 1.97 bits per heavy atom. The third kappa shape index (κ3) is 4.73. The van der Waals surface area contributed by atoms with E-state index in [1.165, 1.54) is 10.9 Å². The molecule has 1 atom stereocenters. The topological polar surface area (TPSA) is 90.2 Å². The molecular weight excluding hydrogens is 394 g/mol. The van der Waals surface area contributed by atoms with Crippen LogP contribution in [0.2, 0.25) is 0 Å². The number of carbonyl (C=O) groups is 1. The van der Waals surface area contributed by atoms with Crippen LogP contribution in [0.4, 0.5) is 0 Å². The van der Waals surface area contributed by atoms with Crippen LogP contribution in [0, 0.1) is 5.92 Å². The van der Waals surface area contributed by atoms with Crippen LogP contribution < -0.4 is 10.3 Å². The van der Waals surface area contributed by atoms with Gasteiger partial charge in [-0.05, 0) is 24.6 Å².